The molecular formula is C22H20N2O4S. The van der Waals surface area contributed by atoms with E-state index in [1.54, 1.807) is 42.5 Å². The van der Waals surface area contributed by atoms with E-state index in [0.29, 0.717) is 17.2 Å². The average molecular weight is 408 g/mol. The summed E-state index contributed by atoms with van der Waals surface area (Å²) in [5, 5.41) is 2.47. The van der Waals surface area contributed by atoms with E-state index in [1.807, 2.05) is 30.3 Å². The Morgan fingerprint density at radius 1 is 0.862 bits per heavy atom. The van der Waals surface area contributed by atoms with Crippen molar-refractivity contribution in [1.29, 1.82) is 0 Å². The Kier molecular flexibility index (Phi) is 6.31. The zero-order chi connectivity index (χ0) is 20.7. The molecule has 2 N–H and O–H groups in total. The van der Waals surface area contributed by atoms with Gasteiger partial charge in [-0.15, -0.1) is 0 Å². The largest absolute Gasteiger partial charge is 0.457 e. The molecule has 0 fully saturated rings. The summed E-state index contributed by atoms with van der Waals surface area (Å²) in [6.07, 6.45) is 2.98. The molecule has 3 aromatic rings. The molecule has 148 valence electrons. The molecule has 0 saturated heterocycles. The third-order valence-electron chi connectivity index (χ3n) is 3.95. The van der Waals surface area contributed by atoms with Crippen LogP contribution in [0.3, 0.4) is 0 Å². The maximum atomic E-state index is 12.6. The van der Waals surface area contributed by atoms with E-state index in [9.17, 15) is 13.2 Å². The zero-order valence-corrected chi connectivity index (χ0v) is 16.5. The van der Waals surface area contributed by atoms with Crippen molar-refractivity contribution in [3.63, 3.8) is 0 Å². The Balaban J connectivity index is 1.67. The van der Waals surface area contributed by atoms with Crippen molar-refractivity contribution in [2.75, 3.05) is 11.8 Å². The number of carbonyl (C=O) groups is 1. The normalized spacial score (nSPS) is 11.2. The number of benzene rings is 3. The Morgan fingerprint density at radius 3 is 2.10 bits per heavy atom. The Bertz CT molecular complexity index is 1090. The van der Waals surface area contributed by atoms with Gasteiger partial charge in [0.2, 0.25) is 5.91 Å². The van der Waals surface area contributed by atoms with Crippen molar-refractivity contribution in [3.8, 4) is 11.5 Å². The summed E-state index contributed by atoms with van der Waals surface area (Å²) in [7, 11) is -2.20. The van der Waals surface area contributed by atoms with Crippen molar-refractivity contribution in [2.45, 2.75) is 4.90 Å². The van der Waals surface area contributed by atoms with Crippen LogP contribution in [0.2, 0.25) is 0 Å². The summed E-state index contributed by atoms with van der Waals surface area (Å²) in [5.41, 5.74) is 1.14. The van der Waals surface area contributed by atoms with Gasteiger partial charge in [-0.3, -0.25) is 9.52 Å². The van der Waals surface area contributed by atoms with Gasteiger partial charge in [0, 0.05) is 18.8 Å². The van der Waals surface area contributed by atoms with Gasteiger partial charge in [-0.05, 0) is 60.2 Å². The highest BCUT2D eigenvalue weighted by Gasteiger charge is 2.14. The predicted molar refractivity (Wildman–Crippen MR) is 113 cm³/mol. The molecule has 0 aromatic heterocycles. The highest BCUT2D eigenvalue weighted by molar-refractivity contribution is 7.92. The number of anilines is 1. The fourth-order valence-electron chi connectivity index (χ4n) is 2.44. The second-order valence-corrected chi connectivity index (χ2v) is 7.74. The zero-order valence-electron chi connectivity index (χ0n) is 15.7. The van der Waals surface area contributed by atoms with Gasteiger partial charge in [0.15, 0.2) is 0 Å². The van der Waals surface area contributed by atoms with Crippen LogP contribution in [0.5, 0.6) is 11.5 Å². The van der Waals surface area contributed by atoms with Crippen molar-refractivity contribution >= 4 is 27.7 Å². The number of hydrogen-bond acceptors (Lipinski definition) is 4. The van der Waals surface area contributed by atoms with Gasteiger partial charge in [0.1, 0.15) is 11.5 Å². The third kappa shape index (κ3) is 5.70. The number of hydrogen-bond donors (Lipinski definition) is 2. The van der Waals surface area contributed by atoms with E-state index in [2.05, 4.69) is 10.0 Å². The van der Waals surface area contributed by atoms with Crippen LogP contribution in [0, 0.1) is 0 Å². The molecule has 0 spiro atoms. The molecule has 0 heterocycles. The summed E-state index contributed by atoms with van der Waals surface area (Å²) >= 11 is 0. The molecule has 3 rings (SSSR count). The molecular weight excluding hydrogens is 388 g/mol. The van der Waals surface area contributed by atoms with E-state index in [4.69, 9.17) is 4.74 Å². The third-order valence-corrected chi connectivity index (χ3v) is 5.35. The van der Waals surface area contributed by atoms with Crippen molar-refractivity contribution in [3.05, 3.63) is 90.5 Å². The van der Waals surface area contributed by atoms with E-state index in [1.165, 1.54) is 25.3 Å². The average Bonchev–Trinajstić information content (AvgIpc) is 2.74. The molecule has 29 heavy (non-hydrogen) atoms. The number of rotatable bonds is 7. The number of carbonyl (C=O) groups excluding carboxylic acids is 1. The Labute approximate surface area is 169 Å². The number of likely N-dealkylation sites (N-methyl/N-ethyl adjacent to an activating group) is 1. The molecule has 0 aliphatic heterocycles. The molecule has 0 bridgehead atoms. The molecule has 1 amide bonds. The molecule has 7 heteroatoms. The van der Waals surface area contributed by atoms with Gasteiger partial charge < -0.3 is 10.1 Å². The van der Waals surface area contributed by atoms with Gasteiger partial charge >= 0.3 is 0 Å². The first-order chi connectivity index (χ1) is 14.0. The van der Waals surface area contributed by atoms with E-state index < -0.39 is 10.0 Å². The smallest absolute Gasteiger partial charge is 0.261 e. The maximum Gasteiger partial charge on any atom is 0.261 e. The molecule has 0 aliphatic carbocycles. The standard InChI is InChI=1S/C22H20N2O4S/c1-23-22(25)16-9-17-7-14-21(15-8-17)29(26,27)24-18-10-12-20(13-11-18)28-19-5-3-2-4-6-19/h2-16,24H,1H3,(H,23,25)/b16-9+. The van der Waals surface area contributed by atoms with Crippen LogP contribution in [0.25, 0.3) is 6.08 Å². The molecule has 6 nitrogen and oxygen atoms in total. The van der Waals surface area contributed by atoms with Gasteiger partial charge in [0.25, 0.3) is 10.0 Å². The maximum absolute atomic E-state index is 12.6. The first-order valence-corrected chi connectivity index (χ1v) is 10.3. The minimum absolute atomic E-state index is 0.124. The van der Waals surface area contributed by atoms with Gasteiger partial charge in [-0.1, -0.05) is 30.3 Å². The lowest BCUT2D eigenvalue weighted by atomic mass is 10.2. The molecule has 0 atom stereocenters. The summed E-state index contributed by atoms with van der Waals surface area (Å²) in [4.78, 5) is 11.4. The number of sulfonamides is 1. The first kappa shape index (κ1) is 20.2. The second kappa shape index (κ2) is 9.07. The lowest BCUT2D eigenvalue weighted by Crippen LogP contribution is -2.14. The van der Waals surface area contributed by atoms with Gasteiger partial charge in [-0.25, -0.2) is 8.42 Å². The van der Waals surface area contributed by atoms with Crippen LogP contribution in [-0.4, -0.2) is 21.4 Å². The number of ether oxygens (including phenoxy) is 1. The molecule has 0 aliphatic rings. The van der Waals surface area contributed by atoms with Gasteiger partial charge in [0.05, 0.1) is 4.90 Å². The minimum Gasteiger partial charge on any atom is -0.457 e. The number of amides is 1. The lowest BCUT2D eigenvalue weighted by Gasteiger charge is -2.10. The van der Waals surface area contributed by atoms with E-state index in [0.717, 1.165) is 5.56 Å². The fraction of sp³-hybridized carbons (Fsp3) is 0.0455. The molecule has 3 aromatic carbocycles. The number of para-hydroxylation sites is 1. The fourth-order valence-corrected chi connectivity index (χ4v) is 3.50. The van der Waals surface area contributed by atoms with E-state index >= 15 is 0 Å². The van der Waals surface area contributed by atoms with Crippen LogP contribution in [0.15, 0.2) is 89.8 Å². The van der Waals surface area contributed by atoms with Crippen molar-refractivity contribution < 1.29 is 17.9 Å². The van der Waals surface area contributed by atoms with Crippen LogP contribution >= 0.6 is 0 Å². The number of nitrogens with one attached hydrogen (secondary N) is 2. The first-order valence-electron chi connectivity index (χ1n) is 8.82. The lowest BCUT2D eigenvalue weighted by molar-refractivity contribution is -0.115. The monoisotopic (exact) mass is 408 g/mol. The minimum atomic E-state index is -3.73. The predicted octanol–water partition coefficient (Wildman–Crippen LogP) is 4.04. The van der Waals surface area contributed by atoms with Crippen molar-refractivity contribution in [2.24, 2.45) is 0 Å². The SMILES string of the molecule is CNC(=O)/C=C/c1ccc(S(=O)(=O)Nc2ccc(Oc3ccccc3)cc2)cc1. The van der Waals surface area contributed by atoms with Crippen LogP contribution in [-0.2, 0) is 14.8 Å². The van der Waals surface area contributed by atoms with Crippen LogP contribution < -0.4 is 14.8 Å². The molecule has 0 radical (unpaired) electrons. The summed E-state index contributed by atoms with van der Waals surface area (Å²) in [5.74, 6) is 1.07. The van der Waals surface area contributed by atoms with E-state index in [-0.39, 0.29) is 10.8 Å². The highest BCUT2D eigenvalue weighted by atomic mass is 32.2. The van der Waals surface area contributed by atoms with Crippen LogP contribution in [0.1, 0.15) is 5.56 Å². The second-order valence-electron chi connectivity index (χ2n) is 6.06. The summed E-state index contributed by atoms with van der Waals surface area (Å²) in [6.45, 7) is 0. The summed E-state index contributed by atoms with van der Waals surface area (Å²) < 4.78 is 33.4. The van der Waals surface area contributed by atoms with Crippen LogP contribution in [0.4, 0.5) is 5.69 Å². The molecule has 0 unspecified atom stereocenters. The van der Waals surface area contributed by atoms with Gasteiger partial charge in [-0.2, -0.15) is 0 Å². The Morgan fingerprint density at radius 2 is 1.48 bits per heavy atom. The Hall–Kier alpha value is -3.58. The van der Waals surface area contributed by atoms with Crippen molar-refractivity contribution in [1.82, 2.24) is 5.32 Å². The quantitative estimate of drug-likeness (QED) is 0.578. The highest BCUT2D eigenvalue weighted by Crippen LogP contribution is 2.24. The topological polar surface area (TPSA) is 84.5 Å². The molecule has 0 saturated carbocycles. The summed E-state index contributed by atoms with van der Waals surface area (Å²) in [6, 6.07) is 22.2.